The Bertz CT molecular complexity index is 594. The third kappa shape index (κ3) is 2.95. The van der Waals surface area contributed by atoms with E-state index in [1.54, 1.807) is 42.5 Å². The van der Waals surface area contributed by atoms with E-state index in [1.165, 1.54) is 7.11 Å². The van der Waals surface area contributed by atoms with Gasteiger partial charge < -0.3 is 21.5 Å². The van der Waals surface area contributed by atoms with E-state index in [4.69, 9.17) is 16.2 Å². The molecule has 5 N–H and O–H groups in total. The average Bonchev–Trinajstić information content (AvgIpc) is 2.41. The van der Waals surface area contributed by atoms with E-state index >= 15 is 0 Å². The van der Waals surface area contributed by atoms with Crippen molar-refractivity contribution in [3.05, 3.63) is 48.0 Å². The molecule has 0 spiro atoms. The fourth-order valence-corrected chi connectivity index (χ4v) is 1.66. The zero-order valence-corrected chi connectivity index (χ0v) is 10.5. The van der Waals surface area contributed by atoms with Gasteiger partial charge in [-0.3, -0.25) is 4.79 Å². The predicted molar refractivity (Wildman–Crippen MR) is 76.2 cm³/mol. The molecule has 2 aromatic carbocycles. The highest BCUT2D eigenvalue weighted by Crippen LogP contribution is 2.22. The summed E-state index contributed by atoms with van der Waals surface area (Å²) in [7, 11) is 1.49. The molecule has 0 heterocycles. The van der Waals surface area contributed by atoms with Crippen LogP contribution in [0.15, 0.2) is 42.5 Å². The number of ether oxygens (including phenoxy) is 1. The van der Waals surface area contributed by atoms with Crippen LogP contribution in [0.3, 0.4) is 0 Å². The summed E-state index contributed by atoms with van der Waals surface area (Å²) in [5.74, 6) is 0.176. The highest BCUT2D eigenvalue weighted by atomic mass is 16.5. The minimum Gasteiger partial charge on any atom is -0.496 e. The van der Waals surface area contributed by atoms with Gasteiger partial charge in [0, 0.05) is 23.1 Å². The molecule has 0 aliphatic carbocycles. The molecule has 2 aromatic rings. The molecule has 2 rings (SSSR count). The van der Waals surface area contributed by atoms with Gasteiger partial charge in [-0.15, -0.1) is 0 Å². The zero-order valence-electron chi connectivity index (χ0n) is 10.5. The molecule has 0 saturated heterocycles. The van der Waals surface area contributed by atoms with Gasteiger partial charge in [-0.05, 0) is 36.4 Å². The van der Waals surface area contributed by atoms with Crippen molar-refractivity contribution in [2.75, 3.05) is 23.9 Å². The van der Waals surface area contributed by atoms with Gasteiger partial charge >= 0.3 is 0 Å². The molecule has 5 heteroatoms. The maximum Gasteiger partial charge on any atom is 0.259 e. The van der Waals surface area contributed by atoms with E-state index in [0.29, 0.717) is 28.4 Å². The summed E-state index contributed by atoms with van der Waals surface area (Å²) in [4.78, 5) is 12.1. The quantitative estimate of drug-likeness (QED) is 0.734. The standard InChI is InChI=1S/C14H15N3O2/c1-19-13-8-10(16)4-7-12(13)14(18)17-11-5-2-9(15)3-6-11/h2-8H,15-16H2,1H3,(H,17,18). The van der Waals surface area contributed by atoms with Crippen molar-refractivity contribution in [3.63, 3.8) is 0 Å². The first kappa shape index (κ1) is 12.8. The second kappa shape index (κ2) is 5.30. The van der Waals surface area contributed by atoms with Crippen molar-refractivity contribution in [3.8, 4) is 5.75 Å². The van der Waals surface area contributed by atoms with Crippen molar-refractivity contribution >= 4 is 23.0 Å². The second-order valence-corrected chi connectivity index (χ2v) is 4.04. The average molecular weight is 257 g/mol. The number of hydrogen-bond acceptors (Lipinski definition) is 4. The number of hydrogen-bond donors (Lipinski definition) is 3. The number of carbonyl (C=O) groups is 1. The Kier molecular flexibility index (Phi) is 3.56. The van der Waals surface area contributed by atoms with Gasteiger partial charge in [0.25, 0.3) is 5.91 Å². The third-order valence-electron chi connectivity index (χ3n) is 2.64. The van der Waals surface area contributed by atoms with Crippen molar-refractivity contribution in [2.24, 2.45) is 0 Å². The van der Waals surface area contributed by atoms with E-state index in [0.717, 1.165) is 0 Å². The SMILES string of the molecule is COc1cc(N)ccc1C(=O)Nc1ccc(N)cc1. The Balaban J connectivity index is 2.22. The number of nitrogens with one attached hydrogen (secondary N) is 1. The normalized spacial score (nSPS) is 9.95. The Hall–Kier alpha value is -2.69. The van der Waals surface area contributed by atoms with Crippen molar-refractivity contribution < 1.29 is 9.53 Å². The maximum atomic E-state index is 12.1. The molecule has 1 amide bonds. The lowest BCUT2D eigenvalue weighted by Crippen LogP contribution is -2.13. The number of benzene rings is 2. The molecule has 0 aliphatic heterocycles. The highest BCUT2D eigenvalue weighted by Gasteiger charge is 2.12. The molecule has 0 atom stereocenters. The van der Waals surface area contributed by atoms with Gasteiger partial charge in [0.2, 0.25) is 0 Å². The predicted octanol–water partition coefficient (Wildman–Crippen LogP) is 2.11. The fourth-order valence-electron chi connectivity index (χ4n) is 1.66. The van der Waals surface area contributed by atoms with Crippen LogP contribution in [0.5, 0.6) is 5.75 Å². The first-order valence-electron chi connectivity index (χ1n) is 5.70. The van der Waals surface area contributed by atoms with Crippen LogP contribution in [-0.4, -0.2) is 13.0 Å². The lowest BCUT2D eigenvalue weighted by Gasteiger charge is -2.10. The molecule has 0 fully saturated rings. The van der Waals surface area contributed by atoms with Crippen LogP contribution >= 0.6 is 0 Å². The van der Waals surface area contributed by atoms with Crippen LogP contribution in [0.2, 0.25) is 0 Å². The lowest BCUT2D eigenvalue weighted by molar-refractivity contribution is 0.102. The minimum absolute atomic E-state index is 0.262. The minimum atomic E-state index is -0.262. The molecule has 0 radical (unpaired) electrons. The maximum absolute atomic E-state index is 12.1. The highest BCUT2D eigenvalue weighted by molar-refractivity contribution is 6.06. The summed E-state index contributed by atoms with van der Waals surface area (Å²) < 4.78 is 5.14. The van der Waals surface area contributed by atoms with Crippen LogP contribution in [0.1, 0.15) is 10.4 Å². The molecule has 0 unspecified atom stereocenters. The topological polar surface area (TPSA) is 90.4 Å². The number of anilines is 3. The summed E-state index contributed by atoms with van der Waals surface area (Å²) in [5, 5.41) is 2.76. The summed E-state index contributed by atoms with van der Waals surface area (Å²) in [5.41, 5.74) is 13.5. The molecule has 0 bridgehead atoms. The smallest absolute Gasteiger partial charge is 0.259 e. The summed E-state index contributed by atoms with van der Waals surface area (Å²) >= 11 is 0. The number of amides is 1. The largest absolute Gasteiger partial charge is 0.496 e. The van der Waals surface area contributed by atoms with Gasteiger partial charge in [0.15, 0.2) is 0 Å². The molecule has 0 saturated carbocycles. The number of rotatable bonds is 3. The summed E-state index contributed by atoms with van der Waals surface area (Å²) in [6.07, 6.45) is 0. The number of methoxy groups -OCH3 is 1. The number of nitrogens with two attached hydrogens (primary N) is 2. The van der Waals surface area contributed by atoms with E-state index in [-0.39, 0.29) is 5.91 Å². The van der Waals surface area contributed by atoms with Crippen molar-refractivity contribution in [2.45, 2.75) is 0 Å². The molecular formula is C14H15N3O2. The Morgan fingerprint density at radius 3 is 2.32 bits per heavy atom. The first-order valence-corrected chi connectivity index (χ1v) is 5.70. The molecule has 98 valence electrons. The Labute approximate surface area is 111 Å². The summed E-state index contributed by atoms with van der Waals surface area (Å²) in [6.45, 7) is 0. The molecule has 0 aliphatic rings. The molecule has 0 aromatic heterocycles. The fraction of sp³-hybridized carbons (Fsp3) is 0.0714. The third-order valence-corrected chi connectivity index (χ3v) is 2.64. The van der Waals surface area contributed by atoms with Crippen LogP contribution < -0.4 is 21.5 Å². The van der Waals surface area contributed by atoms with Crippen LogP contribution in [-0.2, 0) is 0 Å². The van der Waals surface area contributed by atoms with E-state index in [1.807, 2.05) is 0 Å². The lowest BCUT2D eigenvalue weighted by atomic mass is 10.1. The van der Waals surface area contributed by atoms with Gasteiger partial charge in [0.1, 0.15) is 5.75 Å². The monoisotopic (exact) mass is 257 g/mol. The van der Waals surface area contributed by atoms with Gasteiger partial charge in [-0.25, -0.2) is 0 Å². The van der Waals surface area contributed by atoms with E-state index in [2.05, 4.69) is 5.32 Å². The Morgan fingerprint density at radius 1 is 1.05 bits per heavy atom. The molecular weight excluding hydrogens is 242 g/mol. The molecule has 19 heavy (non-hydrogen) atoms. The number of nitrogen functional groups attached to an aromatic ring is 2. The number of carbonyl (C=O) groups excluding carboxylic acids is 1. The molecule has 5 nitrogen and oxygen atoms in total. The van der Waals surface area contributed by atoms with Crippen LogP contribution in [0.4, 0.5) is 17.1 Å². The van der Waals surface area contributed by atoms with Gasteiger partial charge in [-0.1, -0.05) is 0 Å². The van der Waals surface area contributed by atoms with Gasteiger partial charge in [-0.2, -0.15) is 0 Å². The van der Waals surface area contributed by atoms with E-state index in [9.17, 15) is 4.79 Å². The van der Waals surface area contributed by atoms with Crippen LogP contribution in [0.25, 0.3) is 0 Å². The summed E-state index contributed by atoms with van der Waals surface area (Å²) in [6, 6.07) is 11.8. The van der Waals surface area contributed by atoms with Gasteiger partial charge in [0.05, 0.1) is 12.7 Å². The van der Waals surface area contributed by atoms with E-state index < -0.39 is 0 Å². The first-order chi connectivity index (χ1) is 9.10. The second-order valence-electron chi connectivity index (χ2n) is 4.04. The zero-order chi connectivity index (χ0) is 13.8. The van der Waals surface area contributed by atoms with Crippen molar-refractivity contribution in [1.82, 2.24) is 0 Å². The van der Waals surface area contributed by atoms with Crippen molar-refractivity contribution in [1.29, 1.82) is 0 Å². The van der Waals surface area contributed by atoms with Crippen LogP contribution in [0, 0.1) is 0 Å². The Morgan fingerprint density at radius 2 is 1.68 bits per heavy atom.